The Morgan fingerprint density at radius 1 is 1.11 bits per heavy atom. The van der Waals surface area contributed by atoms with Crippen molar-refractivity contribution in [3.05, 3.63) is 76.0 Å². The summed E-state index contributed by atoms with van der Waals surface area (Å²) in [6.45, 7) is 2.09. The molecule has 0 spiro atoms. The number of halogens is 1. The Morgan fingerprint density at radius 3 is 2.56 bits per heavy atom. The molecule has 2 rings (SSSR count). The van der Waals surface area contributed by atoms with Gasteiger partial charge in [0.05, 0.1) is 13.4 Å². The molecule has 0 aliphatic carbocycles. The number of ether oxygens (including phenoxy) is 1. The maximum absolute atomic E-state index is 5.22. The third kappa shape index (κ3) is 2.82. The SMILES string of the molecule is CO/C=C(\c1cccc(C)c1)c1ccccc1Br. The molecular weight excluding hydrogens is 288 g/mol. The number of hydrogen-bond acceptors (Lipinski definition) is 1. The molecular formula is C16H15BrO. The van der Waals surface area contributed by atoms with E-state index >= 15 is 0 Å². The van der Waals surface area contributed by atoms with Crippen LogP contribution >= 0.6 is 15.9 Å². The smallest absolute Gasteiger partial charge is 0.0909 e. The first-order valence-electron chi connectivity index (χ1n) is 5.77. The molecule has 2 aromatic rings. The predicted molar refractivity (Wildman–Crippen MR) is 79.4 cm³/mol. The van der Waals surface area contributed by atoms with Gasteiger partial charge in [-0.05, 0) is 24.1 Å². The highest BCUT2D eigenvalue weighted by Crippen LogP contribution is 2.29. The number of benzene rings is 2. The van der Waals surface area contributed by atoms with Crippen LogP contribution in [-0.2, 0) is 4.74 Å². The molecule has 0 radical (unpaired) electrons. The van der Waals surface area contributed by atoms with Crippen molar-refractivity contribution in [1.82, 2.24) is 0 Å². The molecule has 0 aliphatic heterocycles. The van der Waals surface area contributed by atoms with Gasteiger partial charge in [-0.3, -0.25) is 0 Å². The Bertz CT molecular complexity index is 573. The molecule has 0 fully saturated rings. The van der Waals surface area contributed by atoms with E-state index < -0.39 is 0 Å². The summed E-state index contributed by atoms with van der Waals surface area (Å²) in [6, 6.07) is 16.6. The van der Waals surface area contributed by atoms with Crippen LogP contribution < -0.4 is 0 Å². The fourth-order valence-corrected chi connectivity index (χ4v) is 2.40. The average Bonchev–Trinajstić information content (AvgIpc) is 2.37. The van der Waals surface area contributed by atoms with Crippen molar-refractivity contribution in [2.24, 2.45) is 0 Å². The molecule has 0 saturated heterocycles. The zero-order chi connectivity index (χ0) is 13.0. The standard InChI is InChI=1S/C16H15BrO/c1-12-6-5-7-13(10-12)15(11-18-2)14-8-3-4-9-16(14)17/h3-11H,1-2H3/b15-11+. The van der Waals surface area contributed by atoms with E-state index in [1.54, 1.807) is 13.4 Å². The Labute approximate surface area is 116 Å². The van der Waals surface area contributed by atoms with Gasteiger partial charge in [0, 0.05) is 10.0 Å². The molecule has 0 bridgehead atoms. The Balaban J connectivity index is 2.54. The second kappa shape index (κ2) is 5.87. The Kier molecular flexibility index (Phi) is 4.21. The molecule has 0 aromatic heterocycles. The first kappa shape index (κ1) is 12.9. The molecule has 0 unspecified atom stereocenters. The summed E-state index contributed by atoms with van der Waals surface area (Å²) in [5.74, 6) is 0. The Hall–Kier alpha value is -1.54. The zero-order valence-electron chi connectivity index (χ0n) is 10.5. The van der Waals surface area contributed by atoms with Crippen LogP contribution in [0, 0.1) is 6.92 Å². The van der Waals surface area contributed by atoms with E-state index in [2.05, 4.69) is 53.2 Å². The minimum atomic E-state index is 1.06. The van der Waals surface area contributed by atoms with E-state index in [-0.39, 0.29) is 0 Å². The highest BCUT2D eigenvalue weighted by atomic mass is 79.9. The molecule has 0 N–H and O–H groups in total. The van der Waals surface area contributed by atoms with Crippen molar-refractivity contribution in [3.63, 3.8) is 0 Å². The van der Waals surface area contributed by atoms with Crippen LogP contribution in [0.5, 0.6) is 0 Å². The largest absolute Gasteiger partial charge is 0.504 e. The highest BCUT2D eigenvalue weighted by Gasteiger charge is 2.08. The van der Waals surface area contributed by atoms with E-state index in [0.29, 0.717) is 0 Å². The predicted octanol–water partition coefficient (Wildman–Crippen LogP) is 4.79. The summed E-state index contributed by atoms with van der Waals surface area (Å²) < 4.78 is 6.29. The monoisotopic (exact) mass is 302 g/mol. The Morgan fingerprint density at radius 2 is 1.89 bits per heavy atom. The van der Waals surface area contributed by atoms with Crippen molar-refractivity contribution in [3.8, 4) is 0 Å². The molecule has 0 aliphatic rings. The van der Waals surface area contributed by atoms with Gasteiger partial charge in [0.25, 0.3) is 0 Å². The van der Waals surface area contributed by atoms with E-state index in [0.717, 1.165) is 21.2 Å². The second-order valence-corrected chi connectivity index (χ2v) is 4.97. The molecule has 1 nitrogen and oxygen atoms in total. The molecule has 0 atom stereocenters. The lowest BCUT2D eigenvalue weighted by atomic mass is 9.98. The van der Waals surface area contributed by atoms with Crippen LogP contribution in [0.4, 0.5) is 0 Å². The molecule has 92 valence electrons. The van der Waals surface area contributed by atoms with Gasteiger partial charge in [0.15, 0.2) is 0 Å². The van der Waals surface area contributed by atoms with Crippen LogP contribution in [0.3, 0.4) is 0 Å². The van der Waals surface area contributed by atoms with Crippen LogP contribution in [-0.4, -0.2) is 7.11 Å². The molecule has 0 heterocycles. The van der Waals surface area contributed by atoms with Gasteiger partial charge in [-0.1, -0.05) is 64.0 Å². The van der Waals surface area contributed by atoms with Gasteiger partial charge < -0.3 is 4.74 Å². The first-order chi connectivity index (χ1) is 8.72. The third-order valence-electron chi connectivity index (χ3n) is 2.73. The van der Waals surface area contributed by atoms with Crippen molar-refractivity contribution >= 4 is 21.5 Å². The van der Waals surface area contributed by atoms with Crippen molar-refractivity contribution in [2.45, 2.75) is 6.92 Å². The van der Waals surface area contributed by atoms with Gasteiger partial charge in [-0.15, -0.1) is 0 Å². The fourth-order valence-electron chi connectivity index (χ4n) is 1.90. The molecule has 0 amide bonds. The number of aryl methyl sites for hydroxylation is 1. The van der Waals surface area contributed by atoms with Crippen molar-refractivity contribution < 1.29 is 4.74 Å². The maximum atomic E-state index is 5.22. The van der Waals surface area contributed by atoms with Crippen LogP contribution in [0.2, 0.25) is 0 Å². The summed E-state index contributed by atoms with van der Waals surface area (Å²) in [5, 5.41) is 0. The quantitative estimate of drug-likeness (QED) is 0.741. The molecule has 18 heavy (non-hydrogen) atoms. The maximum Gasteiger partial charge on any atom is 0.0909 e. The van der Waals surface area contributed by atoms with E-state index in [1.807, 2.05) is 18.2 Å². The lowest BCUT2D eigenvalue weighted by molar-refractivity contribution is 0.340. The minimum absolute atomic E-state index is 1.06. The summed E-state index contributed by atoms with van der Waals surface area (Å²) in [4.78, 5) is 0. The van der Waals surface area contributed by atoms with Gasteiger partial charge >= 0.3 is 0 Å². The molecule has 2 aromatic carbocycles. The highest BCUT2D eigenvalue weighted by molar-refractivity contribution is 9.10. The van der Waals surface area contributed by atoms with E-state index in [9.17, 15) is 0 Å². The first-order valence-corrected chi connectivity index (χ1v) is 6.56. The number of hydrogen-bond donors (Lipinski definition) is 0. The van der Waals surface area contributed by atoms with Crippen molar-refractivity contribution in [2.75, 3.05) is 7.11 Å². The lowest BCUT2D eigenvalue weighted by Crippen LogP contribution is -1.91. The van der Waals surface area contributed by atoms with Crippen molar-refractivity contribution in [1.29, 1.82) is 0 Å². The summed E-state index contributed by atoms with van der Waals surface area (Å²) in [7, 11) is 1.67. The third-order valence-corrected chi connectivity index (χ3v) is 3.42. The number of rotatable bonds is 3. The van der Waals surface area contributed by atoms with E-state index in [1.165, 1.54) is 5.56 Å². The fraction of sp³-hybridized carbons (Fsp3) is 0.125. The normalized spacial score (nSPS) is 11.4. The van der Waals surface area contributed by atoms with Gasteiger partial charge in [-0.25, -0.2) is 0 Å². The second-order valence-electron chi connectivity index (χ2n) is 4.12. The average molecular weight is 303 g/mol. The topological polar surface area (TPSA) is 9.23 Å². The summed E-state index contributed by atoms with van der Waals surface area (Å²) in [5.41, 5.74) is 4.60. The summed E-state index contributed by atoms with van der Waals surface area (Å²) in [6.07, 6.45) is 1.79. The lowest BCUT2D eigenvalue weighted by Gasteiger charge is -2.10. The van der Waals surface area contributed by atoms with Crippen LogP contribution in [0.15, 0.2) is 59.3 Å². The van der Waals surface area contributed by atoms with Crippen LogP contribution in [0.1, 0.15) is 16.7 Å². The van der Waals surface area contributed by atoms with Gasteiger partial charge in [0.1, 0.15) is 0 Å². The zero-order valence-corrected chi connectivity index (χ0v) is 12.1. The van der Waals surface area contributed by atoms with Gasteiger partial charge in [-0.2, -0.15) is 0 Å². The summed E-state index contributed by atoms with van der Waals surface area (Å²) >= 11 is 3.59. The molecule has 0 saturated carbocycles. The van der Waals surface area contributed by atoms with Gasteiger partial charge in [0.2, 0.25) is 0 Å². The van der Waals surface area contributed by atoms with E-state index in [4.69, 9.17) is 4.74 Å². The molecule has 2 heteroatoms. The van der Waals surface area contributed by atoms with Crippen LogP contribution in [0.25, 0.3) is 5.57 Å². The number of methoxy groups -OCH3 is 1. The minimum Gasteiger partial charge on any atom is -0.504 e.